The van der Waals surface area contributed by atoms with Crippen LogP contribution in [-0.4, -0.2) is 28.0 Å². The second-order valence-corrected chi connectivity index (χ2v) is 5.64. The number of hydrogen-bond acceptors (Lipinski definition) is 1. The van der Waals surface area contributed by atoms with Crippen LogP contribution in [0.25, 0.3) is 0 Å². The summed E-state index contributed by atoms with van der Waals surface area (Å²) in [4.78, 5) is 2.51. The molecule has 0 amide bonds. The molecule has 0 saturated carbocycles. The van der Waals surface area contributed by atoms with Crippen LogP contribution in [-0.2, 0) is 0 Å². The second kappa shape index (κ2) is 2.74. The van der Waals surface area contributed by atoms with Crippen molar-refractivity contribution in [2.45, 2.75) is 23.7 Å². The maximum atomic E-state index is 2.56. The Morgan fingerprint density at radius 2 is 2.33 bits per heavy atom. The highest BCUT2D eigenvalue weighted by Crippen LogP contribution is 2.29. The van der Waals surface area contributed by atoms with E-state index in [2.05, 4.69) is 41.3 Å². The summed E-state index contributed by atoms with van der Waals surface area (Å²) in [6.45, 7) is 8.37. The third-order valence-electron chi connectivity index (χ3n) is 1.95. The van der Waals surface area contributed by atoms with Gasteiger partial charge in [-0.25, -0.2) is 0 Å². The Hall–Kier alpha value is 0.690. The molecule has 1 rings (SSSR count). The Labute approximate surface area is 70.9 Å². The van der Waals surface area contributed by atoms with Crippen molar-refractivity contribution in [2.24, 2.45) is 0 Å². The molecule has 1 fully saturated rings. The Morgan fingerprint density at radius 3 is 2.56 bits per heavy atom. The SMILES string of the molecule is CCN1CCC(C)(I)C1. The van der Waals surface area contributed by atoms with E-state index in [9.17, 15) is 0 Å². The first-order chi connectivity index (χ1) is 4.14. The number of hydrogen-bond donors (Lipinski definition) is 0. The maximum absolute atomic E-state index is 2.56. The molecule has 0 spiro atoms. The number of nitrogens with zero attached hydrogens (tertiary/aromatic N) is 1. The van der Waals surface area contributed by atoms with E-state index in [4.69, 9.17) is 0 Å². The maximum Gasteiger partial charge on any atom is 0.0333 e. The molecule has 1 heterocycles. The van der Waals surface area contributed by atoms with Gasteiger partial charge in [-0.15, -0.1) is 0 Å². The molecule has 0 aliphatic carbocycles. The van der Waals surface area contributed by atoms with Gasteiger partial charge in [-0.1, -0.05) is 29.5 Å². The molecular formula is C7H14IN. The van der Waals surface area contributed by atoms with E-state index >= 15 is 0 Å². The van der Waals surface area contributed by atoms with Crippen molar-refractivity contribution in [1.29, 1.82) is 0 Å². The average Bonchev–Trinajstić information content (AvgIpc) is 2.10. The standard InChI is InChI=1S/C7H14IN/c1-3-9-5-4-7(2,8)6-9/h3-6H2,1-2H3. The highest BCUT2D eigenvalue weighted by molar-refractivity contribution is 14.1. The van der Waals surface area contributed by atoms with Crippen LogP contribution in [0.5, 0.6) is 0 Å². The Balaban J connectivity index is 2.38. The Kier molecular flexibility index (Phi) is 2.37. The van der Waals surface area contributed by atoms with Crippen molar-refractivity contribution in [3.05, 3.63) is 0 Å². The minimum atomic E-state index is 0.563. The van der Waals surface area contributed by atoms with Crippen LogP contribution in [0.15, 0.2) is 0 Å². The molecule has 1 aliphatic rings. The van der Waals surface area contributed by atoms with Gasteiger partial charge in [-0.3, -0.25) is 0 Å². The highest BCUT2D eigenvalue weighted by Gasteiger charge is 2.29. The monoisotopic (exact) mass is 239 g/mol. The van der Waals surface area contributed by atoms with Gasteiger partial charge in [0.15, 0.2) is 0 Å². The van der Waals surface area contributed by atoms with Gasteiger partial charge >= 0.3 is 0 Å². The lowest BCUT2D eigenvalue weighted by molar-refractivity contribution is 0.353. The molecule has 1 saturated heterocycles. The Bertz CT molecular complexity index is 101. The number of halogens is 1. The molecule has 0 bridgehead atoms. The Morgan fingerprint density at radius 1 is 1.67 bits per heavy atom. The van der Waals surface area contributed by atoms with Crippen LogP contribution in [0.1, 0.15) is 20.3 Å². The fourth-order valence-electron chi connectivity index (χ4n) is 1.29. The zero-order valence-electron chi connectivity index (χ0n) is 6.15. The van der Waals surface area contributed by atoms with E-state index in [1.54, 1.807) is 0 Å². The fraction of sp³-hybridized carbons (Fsp3) is 1.00. The van der Waals surface area contributed by atoms with Gasteiger partial charge in [0.05, 0.1) is 0 Å². The minimum absolute atomic E-state index is 0.563. The van der Waals surface area contributed by atoms with E-state index in [0.29, 0.717) is 3.42 Å². The predicted octanol–water partition coefficient (Wildman–Crippen LogP) is 1.91. The zero-order chi connectivity index (χ0) is 6.91. The average molecular weight is 239 g/mol. The van der Waals surface area contributed by atoms with Gasteiger partial charge in [0.1, 0.15) is 0 Å². The van der Waals surface area contributed by atoms with E-state index < -0.39 is 0 Å². The lowest BCUT2D eigenvalue weighted by Gasteiger charge is -2.15. The molecule has 2 heteroatoms. The number of likely N-dealkylation sites (tertiary alicyclic amines) is 1. The first-order valence-electron chi connectivity index (χ1n) is 3.55. The summed E-state index contributed by atoms with van der Waals surface area (Å²) in [5.74, 6) is 0. The summed E-state index contributed by atoms with van der Waals surface area (Å²) in [5, 5.41) is 0. The molecule has 1 unspecified atom stereocenters. The quantitative estimate of drug-likeness (QED) is 0.499. The number of alkyl halides is 1. The van der Waals surface area contributed by atoms with Crippen molar-refractivity contribution in [2.75, 3.05) is 19.6 Å². The van der Waals surface area contributed by atoms with Gasteiger partial charge in [0.25, 0.3) is 0 Å². The van der Waals surface area contributed by atoms with Crippen molar-refractivity contribution < 1.29 is 0 Å². The van der Waals surface area contributed by atoms with Crippen LogP contribution < -0.4 is 0 Å². The largest absolute Gasteiger partial charge is 0.302 e. The first kappa shape index (κ1) is 7.79. The zero-order valence-corrected chi connectivity index (χ0v) is 8.31. The van der Waals surface area contributed by atoms with Gasteiger partial charge in [-0.2, -0.15) is 0 Å². The van der Waals surface area contributed by atoms with Crippen molar-refractivity contribution >= 4 is 22.6 Å². The third kappa shape index (κ3) is 2.08. The van der Waals surface area contributed by atoms with Crippen molar-refractivity contribution in [3.63, 3.8) is 0 Å². The van der Waals surface area contributed by atoms with Crippen LogP contribution in [0.2, 0.25) is 0 Å². The molecule has 0 N–H and O–H groups in total. The van der Waals surface area contributed by atoms with Gasteiger partial charge in [0.2, 0.25) is 0 Å². The van der Waals surface area contributed by atoms with Crippen LogP contribution in [0.4, 0.5) is 0 Å². The second-order valence-electron chi connectivity index (χ2n) is 3.03. The van der Waals surface area contributed by atoms with Crippen molar-refractivity contribution in [3.8, 4) is 0 Å². The van der Waals surface area contributed by atoms with Crippen LogP contribution in [0.3, 0.4) is 0 Å². The molecule has 1 nitrogen and oxygen atoms in total. The predicted molar refractivity (Wildman–Crippen MR) is 49.2 cm³/mol. The molecule has 0 aromatic heterocycles. The van der Waals surface area contributed by atoms with Crippen molar-refractivity contribution in [1.82, 2.24) is 4.90 Å². The topological polar surface area (TPSA) is 3.24 Å². The smallest absolute Gasteiger partial charge is 0.0333 e. The fourth-order valence-corrected chi connectivity index (χ4v) is 2.01. The lowest BCUT2D eigenvalue weighted by atomic mass is 10.2. The summed E-state index contributed by atoms with van der Waals surface area (Å²) in [5.41, 5.74) is 0. The third-order valence-corrected chi connectivity index (χ3v) is 2.83. The van der Waals surface area contributed by atoms with Gasteiger partial charge < -0.3 is 4.90 Å². The summed E-state index contributed by atoms with van der Waals surface area (Å²) in [6, 6.07) is 0. The molecular weight excluding hydrogens is 225 g/mol. The molecule has 1 atom stereocenters. The lowest BCUT2D eigenvalue weighted by Crippen LogP contribution is -2.24. The molecule has 0 aromatic rings. The molecule has 54 valence electrons. The number of rotatable bonds is 1. The molecule has 0 radical (unpaired) electrons. The normalized spacial score (nSPS) is 37.7. The van der Waals surface area contributed by atoms with Crippen LogP contribution in [0, 0.1) is 0 Å². The molecule has 9 heavy (non-hydrogen) atoms. The van der Waals surface area contributed by atoms with Crippen LogP contribution >= 0.6 is 22.6 Å². The molecule has 1 aliphatic heterocycles. The van der Waals surface area contributed by atoms with E-state index in [0.717, 1.165) is 0 Å². The summed E-state index contributed by atoms with van der Waals surface area (Å²) >= 11 is 2.56. The van der Waals surface area contributed by atoms with E-state index in [-0.39, 0.29) is 0 Å². The summed E-state index contributed by atoms with van der Waals surface area (Å²) in [6.07, 6.45) is 1.36. The van der Waals surface area contributed by atoms with E-state index in [1.165, 1.54) is 26.1 Å². The van der Waals surface area contributed by atoms with Gasteiger partial charge in [0, 0.05) is 9.97 Å². The summed E-state index contributed by atoms with van der Waals surface area (Å²) in [7, 11) is 0. The first-order valence-corrected chi connectivity index (χ1v) is 4.63. The van der Waals surface area contributed by atoms with E-state index in [1.807, 2.05) is 0 Å². The summed E-state index contributed by atoms with van der Waals surface area (Å²) < 4.78 is 0.563. The van der Waals surface area contributed by atoms with Gasteiger partial charge in [-0.05, 0) is 26.4 Å². The highest BCUT2D eigenvalue weighted by atomic mass is 127. The molecule has 0 aromatic carbocycles. The minimum Gasteiger partial charge on any atom is -0.302 e.